The number of esters is 1. The van der Waals surface area contributed by atoms with Crippen molar-refractivity contribution in [3.63, 3.8) is 0 Å². The molecule has 10 nitrogen and oxygen atoms in total. The molecule has 2 rings (SSSR count). The molecule has 0 radical (unpaired) electrons. The second-order valence-electron chi connectivity index (χ2n) is 16.1. The first-order valence-corrected chi connectivity index (χ1v) is 17.8. The fourth-order valence-corrected chi connectivity index (χ4v) is 5.59. The molecule has 4 unspecified atom stereocenters. The van der Waals surface area contributed by atoms with E-state index in [1.165, 1.54) is 11.0 Å². The molecule has 0 aliphatic rings. The van der Waals surface area contributed by atoms with Crippen LogP contribution in [-0.2, 0) is 30.3 Å². The first-order valence-electron chi connectivity index (χ1n) is 17.8. The summed E-state index contributed by atoms with van der Waals surface area (Å²) in [6.45, 7) is 22.2. The van der Waals surface area contributed by atoms with Gasteiger partial charge in [-0.3, -0.25) is 9.59 Å². The summed E-state index contributed by atoms with van der Waals surface area (Å²) in [5, 5.41) is 16.2. The lowest BCUT2D eigenvalue weighted by Gasteiger charge is -2.39. The first kappa shape index (κ1) is 42.1. The number of phenols is 1. The summed E-state index contributed by atoms with van der Waals surface area (Å²) in [6, 6.07) is 10.3. The van der Waals surface area contributed by atoms with Crippen molar-refractivity contribution in [2.24, 2.45) is 11.8 Å². The standard InChI is InChI=1S/C40H61N3O7/c1-25(2)18-19-28(6)43(36(46)31(22-26(3)4)42-38(48)50-40(10,11)12)34(30-20-21-33(44)27(5)23-30)35(45)41-32(37(47)49-39(7,8)9)24-29-16-14-13-15-17-29/h13-17,20-21,23,25-26,28,31-32,34,44H,18-19,22,24H2,1-12H3,(H,41,45)(H,42,48). The Morgan fingerprint density at radius 2 is 1.38 bits per heavy atom. The van der Waals surface area contributed by atoms with Crippen molar-refractivity contribution < 1.29 is 33.8 Å². The Bertz CT molecular complexity index is 1430. The van der Waals surface area contributed by atoms with Crippen LogP contribution in [0.2, 0.25) is 0 Å². The lowest BCUT2D eigenvalue weighted by Crippen LogP contribution is -2.57. The second kappa shape index (κ2) is 18.2. The number of hydrogen-bond donors (Lipinski definition) is 3. The fourth-order valence-electron chi connectivity index (χ4n) is 5.59. The second-order valence-corrected chi connectivity index (χ2v) is 16.1. The van der Waals surface area contributed by atoms with Gasteiger partial charge in [0.05, 0.1) is 0 Å². The predicted octanol–water partition coefficient (Wildman–Crippen LogP) is 7.40. The number of ether oxygens (including phenoxy) is 2. The lowest BCUT2D eigenvalue weighted by molar-refractivity contribution is -0.159. The smallest absolute Gasteiger partial charge is 0.408 e. The number of hydrogen-bond acceptors (Lipinski definition) is 7. The summed E-state index contributed by atoms with van der Waals surface area (Å²) in [5.74, 6) is -1.27. The fraction of sp³-hybridized carbons (Fsp3) is 0.600. The number of benzene rings is 2. The Labute approximate surface area is 299 Å². The van der Waals surface area contributed by atoms with E-state index in [0.29, 0.717) is 29.9 Å². The third kappa shape index (κ3) is 14.0. The van der Waals surface area contributed by atoms with Gasteiger partial charge in [0.2, 0.25) is 11.8 Å². The van der Waals surface area contributed by atoms with Gasteiger partial charge in [0.15, 0.2) is 0 Å². The molecule has 3 N–H and O–H groups in total. The van der Waals surface area contributed by atoms with Crippen molar-refractivity contribution in [1.29, 1.82) is 0 Å². The summed E-state index contributed by atoms with van der Waals surface area (Å²) in [7, 11) is 0. The molecule has 0 aliphatic carbocycles. The van der Waals surface area contributed by atoms with Crippen molar-refractivity contribution in [3.8, 4) is 5.75 Å². The molecule has 0 saturated heterocycles. The van der Waals surface area contributed by atoms with Crippen molar-refractivity contribution >= 4 is 23.9 Å². The Kier molecular flexibility index (Phi) is 15.4. The quantitative estimate of drug-likeness (QED) is 0.165. The molecule has 0 aromatic heterocycles. The van der Waals surface area contributed by atoms with Gasteiger partial charge < -0.3 is 30.1 Å². The normalized spacial score (nSPS) is 14.4. The molecule has 0 spiro atoms. The van der Waals surface area contributed by atoms with E-state index in [0.717, 1.165) is 12.0 Å². The molecule has 0 heterocycles. The first-order chi connectivity index (χ1) is 23.1. The van der Waals surface area contributed by atoms with E-state index in [-0.39, 0.29) is 18.1 Å². The average molecular weight is 696 g/mol. The van der Waals surface area contributed by atoms with E-state index in [4.69, 9.17) is 9.47 Å². The van der Waals surface area contributed by atoms with Gasteiger partial charge in [-0.1, -0.05) is 64.1 Å². The van der Waals surface area contributed by atoms with E-state index in [1.807, 2.05) is 51.1 Å². The lowest BCUT2D eigenvalue weighted by atomic mass is 9.94. The Morgan fingerprint density at radius 1 is 0.780 bits per heavy atom. The zero-order valence-electron chi connectivity index (χ0n) is 32.3. The maximum atomic E-state index is 14.9. The topological polar surface area (TPSA) is 134 Å². The third-order valence-corrected chi connectivity index (χ3v) is 7.94. The molecule has 2 aromatic rings. The molecule has 10 heteroatoms. The van der Waals surface area contributed by atoms with E-state index in [1.54, 1.807) is 60.6 Å². The van der Waals surface area contributed by atoms with Crippen LogP contribution >= 0.6 is 0 Å². The maximum absolute atomic E-state index is 14.9. The summed E-state index contributed by atoms with van der Waals surface area (Å²) in [6.07, 6.45) is 1.07. The average Bonchev–Trinajstić information content (AvgIpc) is 2.97. The van der Waals surface area contributed by atoms with Gasteiger partial charge in [-0.25, -0.2) is 9.59 Å². The predicted molar refractivity (Wildman–Crippen MR) is 196 cm³/mol. The number of aryl methyl sites for hydroxylation is 1. The van der Waals surface area contributed by atoms with Gasteiger partial charge in [0.1, 0.15) is 35.1 Å². The van der Waals surface area contributed by atoms with Crippen LogP contribution in [0.15, 0.2) is 48.5 Å². The van der Waals surface area contributed by atoms with E-state index in [9.17, 15) is 24.3 Å². The summed E-state index contributed by atoms with van der Waals surface area (Å²) >= 11 is 0. The van der Waals surface area contributed by atoms with E-state index in [2.05, 4.69) is 24.5 Å². The van der Waals surface area contributed by atoms with Crippen LogP contribution in [0.3, 0.4) is 0 Å². The Hall–Kier alpha value is -4.08. The molecule has 278 valence electrons. The van der Waals surface area contributed by atoms with Gasteiger partial charge in [-0.05, 0) is 115 Å². The van der Waals surface area contributed by atoms with Crippen molar-refractivity contribution in [2.45, 2.75) is 144 Å². The van der Waals surface area contributed by atoms with Gasteiger partial charge in [-0.15, -0.1) is 0 Å². The Balaban J connectivity index is 2.75. The van der Waals surface area contributed by atoms with Crippen LogP contribution in [0, 0.1) is 18.8 Å². The summed E-state index contributed by atoms with van der Waals surface area (Å²) in [5.41, 5.74) is 0.181. The largest absolute Gasteiger partial charge is 0.508 e. The molecule has 2 aromatic carbocycles. The minimum atomic E-state index is -1.22. The van der Waals surface area contributed by atoms with E-state index >= 15 is 0 Å². The number of amides is 3. The Morgan fingerprint density at radius 3 is 1.90 bits per heavy atom. The highest BCUT2D eigenvalue weighted by Crippen LogP contribution is 2.31. The highest BCUT2D eigenvalue weighted by Gasteiger charge is 2.41. The summed E-state index contributed by atoms with van der Waals surface area (Å²) in [4.78, 5) is 57.9. The molecule has 3 amide bonds. The highest BCUT2D eigenvalue weighted by molar-refractivity contribution is 5.94. The molecule has 0 aliphatic heterocycles. The van der Waals surface area contributed by atoms with Crippen LogP contribution in [0.25, 0.3) is 0 Å². The van der Waals surface area contributed by atoms with Crippen LogP contribution in [0.4, 0.5) is 4.79 Å². The number of carbonyl (C=O) groups excluding carboxylic acids is 4. The van der Waals surface area contributed by atoms with Crippen molar-refractivity contribution in [1.82, 2.24) is 15.5 Å². The maximum Gasteiger partial charge on any atom is 0.408 e. The zero-order valence-corrected chi connectivity index (χ0v) is 32.3. The van der Waals surface area contributed by atoms with E-state index < -0.39 is 59.2 Å². The zero-order chi connectivity index (χ0) is 38.0. The van der Waals surface area contributed by atoms with Crippen molar-refractivity contribution in [3.05, 3.63) is 65.2 Å². The number of aromatic hydroxyl groups is 1. The molecule has 4 atom stereocenters. The van der Waals surface area contributed by atoms with Gasteiger partial charge in [-0.2, -0.15) is 0 Å². The SMILES string of the molecule is Cc1cc(C(C(=O)NC(Cc2ccccc2)C(=O)OC(C)(C)C)N(C(=O)C(CC(C)C)NC(=O)OC(C)(C)C)C(C)CCC(C)C)ccc1O. The number of phenolic OH excluding ortho intramolecular Hbond substituents is 1. The van der Waals surface area contributed by atoms with Gasteiger partial charge in [0.25, 0.3) is 0 Å². The number of alkyl carbamates (subject to hydrolysis) is 1. The highest BCUT2D eigenvalue weighted by atomic mass is 16.6. The monoisotopic (exact) mass is 695 g/mol. The van der Waals surface area contributed by atoms with Crippen LogP contribution in [0.1, 0.15) is 118 Å². The van der Waals surface area contributed by atoms with Crippen LogP contribution < -0.4 is 10.6 Å². The van der Waals surface area contributed by atoms with Crippen molar-refractivity contribution in [2.75, 3.05) is 0 Å². The minimum Gasteiger partial charge on any atom is -0.508 e. The third-order valence-electron chi connectivity index (χ3n) is 7.94. The minimum absolute atomic E-state index is 0.0114. The molecule has 50 heavy (non-hydrogen) atoms. The number of rotatable bonds is 15. The van der Waals surface area contributed by atoms with Gasteiger partial charge in [0, 0.05) is 12.5 Å². The molecule has 0 fully saturated rings. The van der Waals surface area contributed by atoms with Crippen LogP contribution in [0.5, 0.6) is 5.75 Å². The molecular formula is C40H61N3O7. The molecule has 0 bridgehead atoms. The summed E-state index contributed by atoms with van der Waals surface area (Å²) < 4.78 is 11.3. The van der Waals surface area contributed by atoms with Crippen LogP contribution in [-0.4, -0.2) is 63.2 Å². The number of nitrogens with one attached hydrogen (secondary N) is 2. The number of carbonyl (C=O) groups is 4. The van der Waals surface area contributed by atoms with Gasteiger partial charge >= 0.3 is 12.1 Å². The molecular weight excluding hydrogens is 634 g/mol. The molecule has 0 saturated carbocycles. The number of nitrogens with zero attached hydrogens (tertiary/aromatic N) is 1.